The molecule has 0 bridgehead atoms. The Balaban J connectivity index is 1.71. The molecule has 1 atom stereocenters. The van der Waals surface area contributed by atoms with E-state index in [-0.39, 0.29) is 34.8 Å². The molecular weight excluding hydrogens is 570 g/mol. The SMILES string of the molecule is C=C(/N=C1/C(F)=C(c2c(C)ccc3ccccc23)C(C(F)(F)F)=C/C1=C(/C)N1CCN(C(C)=O)C(C)C1)N1CC(N(C)C)C1. The van der Waals surface area contributed by atoms with Crippen LogP contribution in [0.4, 0.5) is 17.6 Å². The van der Waals surface area contributed by atoms with Gasteiger partial charge < -0.3 is 19.6 Å². The molecule has 0 aromatic heterocycles. The van der Waals surface area contributed by atoms with Crippen molar-refractivity contribution < 1.29 is 22.4 Å². The molecule has 2 heterocycles. The molecule has 1 unspecified atom stereocenters. The Kier molecular flexibility index (Phi) is 8.50. The van der Waals surface area contributed by atoms with Gasteiger partial charge in [-0.25, -0.2) is 9.38 Å². The van der Waals surface area contributed by atoms with Gasteiger partial charge in [-0.05, 0) is 62.8 Å². The molecule has 0 saturated carbocycles. The molecule has 44 heavy (non-hydrogen) atoms. The first-order chi connectivity index (χ1) is 20.7. The van der Waals surface area contributed by atoms with Crippen LogP contribution in [0, 0.1) is 6.92 Å². The summed E-state index contributed by atoms with van der Waals surface area (Å²) in [6.07, 6.45) is -3.80. The third-order valence-electron chi connectivity index (χ3n) is 9.03. The van der Waals surface area contributed by atoms with E-state index in [1.807, 2.05) is 36.9 Å². The number of likely N-dealkylation sites (N-methyl/N-ethyl adjacent to an activating group) is 1. The van der Waals surface area contributed by atoms with Crippen LogP contribution >= 0.6 is 0 Å². The van der Waals surface area contributed by atoms with E-state index in [0.717, 1.165) is 6.08 Å². The number of fused-ring (bicyclic) bond motifs is 1. The highest BCUT2D eigenvalue weighted by molar-refractivity contribution is 6.22. The maximum absolute atomic E-state index is 17.1. The van der Waals surface area contributed by atoms with Crippen LogP contribution in [0.5, 0.6) is 0 Å². The molecule has 234 valence electrons. The molecule has 0 N–H and O–H groups in total. The number of rotatable bonds is 5. The quantitative estimate of drug-likeness (QED) is 0.373. The number of nitrogens with zero attached hydrogens (tertiary/aromatic N) is 5. The van der Waals surface area contributed by atoms with E-state index >= 15 is 4.39 Å². The van der Waals surface area contributed by atoms with Gasteiger partial charge in [-0.3, -0.25) is 4.79 Å². The van der Waals surface area contributed by atoms with E-state index in [0.29, 0.717) is 60.6 Å². The van der Waals surface area contributed by atoms with E-state index in [2.05, 4.69) is 16.5 Å². The summed E-state index contributed by atoms with van der Waals surface area (Å²) >= 11 is 0. The van der Waals surface area contributed by atoms with Crippen LogP contribution in [0.1, 0.15) is 31.9 Å². The van der Waals surface area contributed by atoms with Gasteiger partial charge in [-0.15, -0.1) is 0 Å². The highest BCUT2D eigenvalue weighted by Crippen LogP contribution is 2.47. The van der Waals surface area contributed by atoms with Crippen molar-refractivity contribution in [2.75, 3.05) is 46.8 Å². The topological polar surface area (TPSA) is 42.4 Å². The molecule has 5 rings (SSSR count). The summed E-state index contributed by atoms with van der Waals surface area (Å²) in [4.78, 5) is 24.3. The van der Waals surface area contributed by atoms with Crippen LogP contribution in [0.25, 0.3) is 16.3 Å². The zero-order valence-corrected chi connectivity index (χ0v) is 26.1. The number of aliphatic imine (C=N–C) groups is 1. The Labute approximate surface area is 256 Å². The second-order valence-corrected chi connectivity index (χ2v) is 12.1. The first kappa shape index (κ1) is 31.5. The Morgan fingerprint density at radius 3 is 2.32 bits per heavy atom. The average molecular weight is 610 g/mol. The molecule has 1 amide bonds. The fourth-order valence-corrected chi connectivity index (χ4v) is 6.30. The third-order valence-corrected chi connectivity index (χ3v) is 9.03. The summed E-state index contributed by atoms with van der Waals surface area (Å²) in [5.41, 5.74) is -0.494. The fraction of sp³-hybridized carbons (Fsp3) is 0.412. The zero-order chi connectivity index (χ0) is 32.1. The summed E-state index contributed by atoms with van der Waals surface area (Å²) in [6, 6.07) is 10.7. The van der Waals surface area contributed by atoms with Gasteiger partial charge in [0.05, 0.1) is 5.57 Å². The lowest BCUT2D eigenvalue weighted by Gasteiger charge is -2.44. The normalized spacial score (nSPS) is 22.2. The summed E-state index contributed by atoms with van der Waals surface area (Å²) in [6.45, 7) is 13.4. The minimum absolute atomic E-state index is 0.0609. The number of carbonyl (C=O) groups is 1. The van der Waals surface area contributed by atoms with Crippen LogP contribution in [0.3, 0.4) is 0 Å². The van der Waals surface area contributed by atoms with Gasteiger partial charge in [0, 0.05) is 68.6 Å². The van der Waals surface area contributed by atoms with Gasteiger partial charge in [0.25, 0.3) is 0 Å². The lowest BCUT2D eigenvalue weighted by atomic mass is 9.82. The van der Waals surface area contributed by atoms with Crippen molar-refractivity contribution in [3.8, 4) is 0 Å². The van der Waals surface area contributed by atoms with Crippen molar-refractivity contribution in [2.45, 2.75) is 46.0 Å². The Morgan fingerprint density at radius 2 is 1.70 bits per heavy atom. The van der Waals surface area contributed by atoms with E-state index in [1.165, 1.54) is 6.92 Å². The lowest BCUT2D eigenvalue weighted by Crippen LogP contribution is -2.56. The molecule has 0 spiro atoms. The number of likely N-dealkylation sites (tertiary alicyclic amines) is 1. The minimum atomic E-state index is -4.85. The predicted octanol–water partition coefficient (Wildman–Crippen LogP) is 6.32. The second kappa shape index (κ2) is 11.9. The van der Waals surface area contributed by atoms with Gasteiger partial charge in [-0.1, -0.05) is 43.0 Å². The second-order valence-electron chi connectivity index (χ2n) is 12.1. The number of carbonyl (C=O) groups excluding carboxylic acids is 1. The standard InChI is InChI=1S/C34H39F4N5O/c1-20-12-13-25-10-8-9-11-27(25)30(20)31-29(34(36,37)38)16-28(22(3)41-14-15-43(24(5)44)21(2)17-41)33(32(31)35)39-23(4)42-18-26(19-42)40(6)7/h8-13,16,21,26H,4,14-15,17-19H2,1-3,5-7H3/b28-22+,39-33+. The van der Waals surface area contributed by atoms with Crippen LogP contribution in [-0.2, 0) is 4.79 Å². The monoisotopic (exact) mass is 609 g/mol. The number of hydrogen-bond donors (Lipinski definition) is 0. The number of allylic oxidation sites excluding steroid dienone is 6. The van der Waals surface area contributed by atoms with Crippen molar-refractivity contribution in [3.63, 3.8) is 0 Å². The summed E-state index contributed by atoms with van der Waals surface area (Å²) in [7, 11) is 3.94. The molecule has 2 aliphatic heterocycles. The maximum Gasteiger partial charge on any atom is 0.417 e. The average Bonchev–Trinajstić information content (AvgIpc) is 2.92. The number of aryl methyl sites for hydroxylation is 1. The van der Waals surface area contributed by atoms with E-state index in [4.69, 9.17) is 0 Å². The van der Waals surface area contributed by atoms with Gasteiger partial charge in [0.1, 0.15) is 11.5 Å². The first-order valence-corrected chi connectivity index (χ1v) is 14.8. The lowest BCUT2D eigenvalue weighted by molar-refractivity contribution is -0.132. The third kappa shape index (κ3) is 5.79. The Hall–Kier alpha value is -3.92. The molecule has 6 nitrogen and oxygen atoms in total. The van der Waals surface area contributed by atoms with Crippen molar-refractivity contribution in [3.05, 3.63) is 88.7 Å². The van der Waals surface area contributed by atoms with Crippen LogP contribution in [0.15, 0.2) is 82.5 Å². The minimum Gasteiger partial charge on any atom is -0.371 e. The molecule has 2 saturated heterocycles. The molecule has 2 aromatic rings. The Bertz CT molecular complexity index is 1630. The van der Waals surface area contributed by atoms with Gasteiger partial charge >= 0.3 is 6.18 Å². The number of alkyl halides is 3. The Morgan fingerprint density at radius 1 is 1.02 bits per heavy atom. The zero-order valence-electron chi connectivity index (χ0n) is 26.1. The molecule has 10 heteroatoms. The van der Waals surface area contributed by atoms with Crippen molar-refractivity contribution in [1.29, 1.82) is 0 Å². The largest absolute Gasteiger partial charge is 0.417 e. The molecule has 0 radical (unpaired) electrons. The highest BCUT2D eigenvalue weighted by atomic mass is 19.4. The van der Waals surface area contributed by atoms with Crippen LogP contribution in [-0.4, -0.2) is 96.3 Å². The van der Waals surface area contributed by atoms with Crippen LogP contribution < -0.4 is 0 Å². The smallest absolute Gasteiger partial charge is 0.371 e. The number of benzene rings is 2. The van der Waals surface area contributed by atoms with Gasteiger partial charge in [0.2, 0.25) is 5.91 Å². The van der Waals surface area contributed by atoms with Gasteiger partial charge in [-0.2, -0.15) is 13.2 Å². The predicted molar refractivity (Wildman–Crippen MR) is 168 cm³/mol. The molecule has 1 aliphatic carbocycles. The van der Waals surface area contributed by atoms with Crippen molar-refractivity contribution >= 4 is 28.0 Å². The molecule has 3 aliphatic rings. The van der Waals surface area contributed by atoms with Crippen LogP contribution in [0.2, 0.25) is 0 Å². The highest BCUT2D eigenvalue weighted by Gasteiger charge is 2.43. The van der Waals surface area contributed by atoms with Crippen molar-refractivity contribution in [1.82, 2.24) is 19.6 Å². The first-order valence-electron chi connectivity index (χ1n) is 14.8. The number of hydrogen-bond acceptors (Lipinski definition) is 5. The summed E-state index contributed by atoms with van der Waals surface area (Å²) in [5.74, 6) is -0.798. The molecule has 2 fully saturated rings. The number of halogens is 4. The maximum atomic E-state index is 17.1. The molecule has 2 aromatic carbocycles. The summed E-state index contributed by atoms with van der Waals surface area (Å²) < 4.78 is 61.9. The van der Waals surface area contributed by atoms with E-state index < -0.39 is 23.1 Å². The number of amides is 1. The van der Waals surface area contributed by atoms with Gasteiger partial charge in [0.15, 0.2) is 5.83 Å². The number of piperazine rings is 1. The molecular formula is C34H39F4N5O. The summed E-state index contributed by atoms with van der Waals surface area (Å²) in [5, 5.41) is 1.24. The van der Waals surface area contributed by atoms with E-state index in [9.17, 15) is 18.0 Å². The van der Waals surface area contributed by atoms with Crippen molar-refractivity contribution in [2.24, 2.45) is 4.99 Å². The van der Waals surface area contributed by atoms with E-state index in [1.54, 1.807) is 49.1 Å². The fourth-order valence-electron chi connectivity index (χ4n) is 6.30.